The number of benzene rings is 2. The molecule has 1 N–H and O–H groups in total. The Hall–Kier alpha value is -2.18. The maximum absolute atomic E-state index is 9.48. The third-order valence-corrected chi connectivity index (χ3v) is 2.56. The Kier molecular flexibility index (Phi) is 3.40. The molecule has 90 valence electrons. The Balaban J connectivity index is 2.39. The van der Waals surface area contributed by atoms with E-state index in [0.717, 1.165) is 5.56 Å². The second-order valence-electron chi connectivity index (χ2n) is 3.86. The van der Waals surface area contributed by atoms with Gasteiger partial charge in [0, 0.05) is 17.2 Å². The standard InChI is InChI=1S/C14H10ClNO2/c1-9-4-12(17)7-13(5-9)18-14-6-11(15)3-2-10(14)8-16/h2-7,17H,1H3. The molecule has 2 rings (SSSR count). The van der Waals surface area contributed by atoms with Crippen molar-refractivity contribution in [3.05, 3.63) is 52.5 Å². The number of nitriles is 1. The monoisotopic (exact) mass is 259 g/mol. The van der Waals surface area contributed by atoms with E-state index in [4.69, 9.17) is 21.6 Å². The van der Waals surface area contributed by atoms with Gasteiger partial charge < -0.3 is 9.84 Å². The first-order valence-corrected chi connectivity index (χ1v) is 5.64. The van der Waals surface area contributed by atoms with Crippen molar-refractivity contribution in [1.29, 1.82) is 5.26 Å². The van der Waals surface area contributed by atoms with Gasteiger partial charge in [-0.15, -0.1) is 0 Å². The average Bonchev–Trinajstić information content (AvgIpc) is 2.27. The van der Waals surface area contributed by atoms with Crippen LogP contribution in [0.1, 0.15) is 11.1 Å². The minimum atomic E-state index is 0.116. The van der Waals surface area contributed by atoms with E-state index < -0.39 is 0 Å². The summed E-state index contributed by atoms with van der Waals surface area (Å²) in [5, 5.41) is 18.9. The lowest BCUT2D eigenvalue weighted by atomic mass is 10.2. The largest absolute Gasteiger partial charge is 0.508 e. The van der Waals surface area contributed by atoms with Gasteiger partial charge in [-0.05, 0) is 36.8 Å². The van der Waals surface area contributed by atoms with Gasteiger partial charge in [0.2, 0.25) is 0 Å². The maximum atomic E-state index is 9.48. The zero-order chi connectivity index (χ0) is 13.1. The highest BCUT2D eigenvalue weighted by atomic mass is 35.5. The lowest BCUT2D eigenvalue weighted by molar-refractivity contribution is 0.454. The van der Waals surface area contributed by atoms with E-state index in [1.807, 2.05) is 13.0 Å². The number of hydrogen-bond acceptors (Lipinski definition) is 3. The minimum absolute atomic E-state index is 0.116. The molecule has 0 saturated heterocycles. The number of rotatable bonds is 2. The summed E-state index contributed by atoms with van der Waals surface area (Å²) >= 11 is 5.86. The van der Waals surface area contributed by atoms with Gasteiger partial charge in [0.05, 0.1) is 5.56 Å². The molecule has 0 fully saturated rings. The van der Waals surface area contributed by atoms with E-state index in [-0.39, 0.29) is 5.75 Å². The number of ether oxygens (including phenoxy) is 1. The van der Waals surface area contributed by atoms with Crippen molar-refractivity contribution in [2.24, 2.45) is 0 Å². The zero-order valence-electron chi connectivity index (χ0n) is 9.64. The molecule has 0 heterocycles. The van der Waals surface area contributed by atoms with Gasteiger partial charge in [0.1, 0.15) is 23.3 Å². The van der Waals surface area contributed by atoms with Crippen LogP contribution in [0.3, 0.4) is 0 Å². The van der Waals surface area contributed by atoms with Crippen LogP contribution in [0.25, 0.3) is 0 Å². The van der Waals surface area contributed by atoms with Crippen molar-refractivity contribution in [1.82, 2.24) is 0 Å². The van der Waals surface area contributed by atoms with E-state index in [9.17, 15) is 5.11 Å². The van der Waals surface area contributed by atoms with Crippen molar-refractivity contribution in [2.75, 3.05) is 0 Å². The number of aromatic hydroxyl groups is 1. The molecular weight excluding hydrogens is 250 g/mol. The summed E-state index contributed by atoms with van der Waals surface area (Å²) in [6.07, 6.45) is 0. The third-order valence-electron chi connectivity index (χ3n) is 2.33. The SMILES string of the molecule is Cc1cc(O)cc(Oc2cc(Cl)ccc2C#N)c1. The van der Waals surface area contributed by atoms with Crippen molar-refractivity contribution < 1.29 is 9.84 Å². The Morgan fingerprint density at radius 3 is 2.67 bits per heavy atom. The van der Waals surface area contributed by atoms with E-state index in [1.54, 1.807) is 30.3 Å². The van der Waals surface area contributed by atoms with Crippen LogP contribution in [-0.4, -0.2) is 5.11 Å². The molecule has 0 saturated carbocycles. The second-order valence-corrected chi connectivity index (χ2v) is 4.30. The summed E-state index contributed by atoms with van der Waals surface area (Å²) in [5.74, 6) is 0.951. The number of phenols is 1. The fourth-order valence-electron chi connectivity index (χ4n) is 1.59. The first kappa shape index (κ1) is 12.3. The van der Waals surface area contributed by atoms with Gasteiger partial charge in [-0.3, -0.25) is 0 Å². The summed E-state index contributed by atoms with van der Waals surface area (Å²) in [6, 6.07) is 11.7. The van der Waals surface area contributed by atoms with Crippen LogP contribution in [0, 0.1) is 18.3 Å². The molecule has 0 amide bonds. The quantitative estimate of drug-likeness (QED) is 0.886. The van der Waals surface area contributed by atoms with Gasteiger partial charge in [-0.2, -0.15) is 5.26 Å². The molecule has 0 aromatic heterocycles. The number of nitrogens with zero attached hydrogens (tertiary/aromatic N) is 1. The molecular formula is C14H10ClNO2. The Morgan fingerprint density at radius 2 is 2.00 bits per heavy atom. The topological polar surface area (TPSA) is 53.2 Å². The van der Waals surface area contributed by atoms with Gasteiger partial charge in [-0.25, -0.2) is 0 Å². The summed E-state index contributed by atoms with van der Waals surface area (Å²) in [6.45, 7) is 1.84. The summed E-state index contributed by atoms with van der Waals surface area (Å²) in [5.41, 5.74) is 1.26. The second kappa shape index (κ2) is 4.99. The summed E-state index contributed by atoms with van der Waals surface area (Å²) in [4.78, 5) is 0. The summed E-state index contributed by atoms with van der Waals surface area (Å²) in [7, 11) is 0. The molecule has 0 spiro atoms. The summed E-state index contributed by atoms with van der Waals surface area (Å²) < 4.78 is 5.58. The molecule has 0 bridgehead atoms. The number of phenolic OH excluding ortho intramolecular Hbond substituents is 1. The number of halogens is 1. The smallest absolute Gasteiger partial charge is 0.146 e. The molecule has 0 aliphatic rings. The lowest BCUT2D eigenvalue weighted by Crippen LogP contribution is -1.89. The van der Waals surface area contributed by atoms with Crippen LogP contribution in [0.15, 0.2) is 36.4 Å². The maximum Gasteiger partial charge on any atom is 0.146 e. The van der Waals surface area contributed by atoms with Gasteiger partial charge in [0.15, 0.2) is 0 Å². The van der Waals surface area contributed by atoms with Crippen molar-refractivity contribution in [3.63, 3.8) is 0 Å². The normalized spacial score (nSPS) is 9.83. The number of hydrogen-bond donors (Lipinski definition) is 1. The Morgan fingerprint density at radius 1 is 1.22 bits per heavy atom. The fourth-order valence-corrected chi connectivity index (χ4v) is 1.75. The molecule has 18 heavy (non-hydrogen) atoms. The van der Waals surface area contributed by atoms with Crippen LogP contribution in [-0.2, 0) is 0 Å². The molecule has 0 unspecified atom stereocenters. The van der Waals surface area contributed by atoms with Crippen molar-refractivity contribution in [3.8, 4) is 23.3 Å². The lowest BCUT2D eigenvalue weighted by Gasteiger charge is -2.09. The van der Waals surface area contributed by atoms with Crippen LogP contribution in [0.4, 0.5) is 0 Å². The Bertz CT molecular complexity index is 612. The molecule has 0 aliphatic heterocycles. The molecule has 2 aromatic carbocycles. The molecule has 3 nitrogen and oxygen atoms in total. The highest BCUT2D eigenvalue weighted by Crippen LogP contribution is 2.30. The average molecular weight is 260 g/mol. The molecule has 0 atom stereocenters. The number of aryl methyl sites for hydroxylation is 1. The van der Waals surface area contributed by atoms with Gasteiger partial charge in [0.25, 0.3) is 0 Å². The van der Waals surface area contributed by atoms with Crippen LogP contribution in [0.5, 0.6) is 17.2 Å². The van der Waals surface area contributed by atoms with Crippen molar-refractivity contribution >= 4 is 11.6 Å². The minimum Gasteiger partial charge on any atom is -0.508 e. The van der Waals surface area contributed by atoms with Gasteiger partial charge >= 0.3 is 0 Å². The zero-order valence-corrected chi connectivity index (χ0v) is 10.4. The van der Waals surface area contributed by atoms with Crippen LogP contribution >= 0.6 is 11.6 Å². The van der Waals surface area contributed by atoms with E-state index in [1.165, 1.54) is 6.07 Å². The highest BCUT2D eigenvalue weighted by Gasteiger charge is 2.07. The van der Waals surface area contributed by atoms with Crippen molar-refractivity contribution in [2.45, 2.75) is 6.92 Å². The molecule has 0 aliphatic carbocycles. The van der Waals surface area contributed by atoms with Crippen LogP contribution in [0.2, 0.25) is 5.02 Å². The predicted molar refractivity (Wildman–Crippen MR) is 69.1 cm³/mol. The van der Waals surface area contributed by atoms with E-state index in [2.05, 4.69) is 0 Å². The Labute approximate surface area is 110 Å². The van der Waals surface area contributed by atoms with Gasteiger partial charge in [-0.1, -0.05) is 11.6 Å². The first-order chi connectivity index (χ1) is 8.58. The molecule has 4 heteroatoms. The van der Waals surface area contributed by atoms with E-state index >= 15 is 0 Å². The van der Waals surface area contributed by atoms with Crippen LogP contribution < -0.4 is 4.74 Å². The molecule has 2 aromatic rings. The predicted octanol–water partition coefficient (Wildman–Crippen LogP) is 4.02. The van der Waals surface area contributed by atoms with E-state index in [0.29, 0.717) is 22.1 Å². The molecule has 0 radical (unpaired) electrons. The third kappa shape index (κ3) is 2.73. The fraction of sp³-hybridized carbons (Fsp3) is 0.0714. The highest BCUT2D eigenvalue weighted by molar-refractivity contribution is 6.30. The first-order valence-electron chi connectivity index (χ1n) is 5.26.